The van der Waals surface area contributed by atoms with Crippen LogP contribution < -0.4 is 5.32 Å². The number of carbonyl (C=O) groups excluding carboxylic acids is 1. The second kappa shape index (κ2) is 6.42. The Morgan fingerprint density at radius 2 is 2.26 bits per heavy atom. The van der Waals surface area contributed by atoms with Crippen molar-refractivity contribution in [1.29, 1.82) is 0 Å². The van der Waals surface area contributed by atoms with Crippen molar-refractivity contribution < 1.29 is 13.2 Å². The molecule has 1 aliphatic rings. The molecule has 0 saturated heterocycles. The summed E-state index contributed by atoms with van der Waals surface area (Å²) in [7, 11) is -3.19. The van der Waals surface area contributed by atoms with Gasteiger partial charge in [-0.25, -0.2) is 8.42 Å². The van der Waals surface area contributed by atoms with Crippen LogP contribution in [0.25, 0.3) is 0 Å². The van der Waals surface area contributed by atoms with Crippen LogP contribution in [0.4, 0.5) is 0 Å². The Balaban J connectivity index is 1.58. The first kappa shape index (κ1) is 16.2. The molecule has 0 aliphatic carbocycles. The third-order valence-corrected chi connectivity index (χ3v) is 5.79. The molecule has 0 unspecified atom stereocenters. The van der Waals surface area contributed by atoms with Crippen molar-refractivity contribution in [2.45, 2.75) is 26.1 Å². The predicted molar refractivity (Wildman–Crippen MR) is 87.4 cm³/mol. The number of fused-ring (bicyclic) bond motifs is 1. The number of carbonyl (C=O) groups is 1. The molecular weight excluding hydrogens is 336 g/mol. The van der Waals surface area contributed by atoms with Crippen LogP contribution in [0, 0.1) is 0 Å². The summed E-state index contributed by atoms with van der Waals surface area (Å²) >= 11 is 1.55. The zero-order valence-electron chi connectivity index (χ0n) is 12.7. The molecule has 0 atom stereocenters. The summed E-state index contributed by atoms with van der Waals surface area (Å²) in [6.07, 6.45) is 1.58. The van der Waals surface area contributed by atoms with Crippen molar-refractivity contribution in [1.82, 2.24) is 19.4 Å². The van der Waals surface area contributed by atoms with Crippen molar-refractivity contribution in [2.24, 2.45) is 0 Å². The normalized spacial score (nSPS) is 15.3. The fraction of sp³-hybridized carbons (Fsp3) is 0.429. The largest absolute Gasteiger partial charge is 0.350 e. The third kappa shape index (κ3) is 3.98. The minimum Gasteiger partial charge on any atom is -0.350 e. The Kier molecular flexibility index (Phi) is 4.51. The quantitative estimate of drug-likeness (QED) is 0.851. The van der Waals surface area contributed by atoms with E-state index in [0.717, 1.165) is 16.3 Å². The lowest BCUT2D eigenvalue weighted by molar-refractivity contribution is -0.120. The number of thiophene rings is 1. The van der Waals surface area contributed by atoms with Crippen LogP contribution in [0.1, 0.15) is 16.3 Å². The summed E-state index contributed by atoms with van der Waals surface area (Å²) in [5.74, 6) is -0.0452. The number of rotatable bonds is 5. The highest BCUT2D eigenvalue weighted by Crippen LogP contribution is 2.16. The zero-order chi connectivity index (χ0) is 16.4. The van der Waals surface area contributed by atoms with Crippen LogP contribution in [0.2, 0.25) is 0 Å². The van der Waals surface area contributed by atoms with E-state index in [1.807, 2.05) is 28.3 Å². The van der Waals surface area contributed by atoms with Gasteiger partial charge in [-0.1, -0.05) is 6.07 Å². The fourth-order valence-corrected chi connectivity index (χ4v) is 3.98. The first-order valence-corrected chi connectivity index (χ1v) is 9.94. The summed E-state index contributed by atoms with van der Waals surface area (Å²) in [6, 6.07) is 5.70. The maximum absolute atomic E-state index is 11.9. The summed E-state index contributed by atoms with van der Waals surface area (Å²) in [6.45, 7) is 1.64. The molecule has 0 aromatic carbocycles. The van der Waals surface area contributed by atoms with Crippen molar-refractivity contribution in [3.05, 3.63) is 39.8 Å². The molecule has 9 heteroatoms. The second-order valence-corrected chi connectivity index (χ2v) is 8.49. The topological polar surface area (TPSA) is 84.3 Å². The summed E-state index contributed by atoms with van der Waals surface area (Å²) in [5, 5.41) is 9.21. The molecule has 0 fully saturated rings. The molecule has 2 aromatic heterocycles. The van der Waals surface area contributed by atoms with Crippen molar-refractivity contribution >= 4 is 27.3 Å². The fourth-order valence-electron chi connectivity index (χ4n) is 2.49. The van der Waals surface area contributed by atoms with E-state index >= 15 is 0 Å². The molecule has 3 rings (SSSR count). The van der Waals surface area contributed by atoms with E-state index in [-0.39, 0.29) is 5.91 Å². The molecule has 0 spiro atoms. The van der Waals surface area contributed by atoms with Crippen LogP contribution in [-0.2, 0) is 40.9 Å². The Hall–Kier alpha value is -1.71. The summed E-state index contributed by atoms with van der Waals surface area (Å²) < 4.78 is 26.5. The van der Waals surface area contributed by atoms with Gasteiger partial charge in [-0.3, -0.25) is 9.48 Å². The first-order valence-electron chi connectivity index (χ1n) is 7.21. The highest BCUT2D eigenvalue weighted by molar-refractivity contribution is 7.88. The van der Waals surface area contributed by atoms with Gasteiger partial charge in [-0.05, 0) is 17.5 Å². The lowest BCUT2D eigenvalue weighted by Crippen LogP contribution is -2.37. The smallest absolute Gasteiger partial charge is 0.225 e. The Bertz CT molecular complexity index is 796. The predicted octanol–water partition coefficient (Wildman–Crippen LogP) is 0.579. The van der Waals surface area contributed by atoms with Gasteiger partial charge >= 0.3 is 0 Å². The highest BCUT2D eigenvalue weighted by atomic mass is 32.2. The van der Waals surface area contributed by atoms with Crippen molar-refractivity contribution in [2.75, 3.05) is 12.8 Å². The van der Waals surface area contributed by atoms with Gasteiger partial charge in [0.2, 0.25) is 15.9 Å². The number of hydrogen-bond donors (Lipinski definition) is 1. The summed E-state index contributed by atoms with van der Waals surface area (Å²) in [5.41, 5.74) is 1.60. The Morgan fingerprint density at radius 1 is 1.43 bits per heavy atom. The molecule has 23 heavy (non-hydrogen) atoms. The average molecular weight is 354 g/mol. The number of aromatic nitrogens is 2. The second-order valence-electron chi connectivity index (χ2n) is 5.48. The lowest BCUT2D eigenvalue weighted by atomic mass is 10.3. The van der Waals surface area contributed by atoms with E-state index in [1.54, 1.807) is 11.3 Å². The maximum Gasteiger partial charge on any atom is 0.225 e. The molecule has 1 N–H and O–H groups in total. The number of sulfonamides is 1. The molecule has 7 nitrogen and oxygen atoms in total. The highest BCUT2D eigenvalue weighted by Gasteiger charge is 2.24. The van der Waals surface area contributed by atoms with Gasteiger partial charge in [-0.15, -0.1) is 11.3 Å². The van der Waals surface area contributed by atoms with Crippen molar-refractivity contribution in [3.8, 4) is 0 Å². The molecule has 1 aliphatic heterocycles. The lowest BCUT2D eigenvalue weighted by Gasteiger charge is -2.25. The third-order valence-electron chi connectivity index (χ3n) is 3.66. The average Bonchev–Trinajstić information content (AvgIpc) is 3.11. The van der Waals surface area contributed by atoms with Gasteiger partial charge in [0.05, 0.1) is 43.7 Å². The van der Waals surface area contributed by atoms with Crippen LogP contribution in [0.15, 0.2) is 23.6 Å². The SMILES string of the molecule is CS(=O)(=O)N1CCn2nc(CNC(=O)Cc3cccs3)cc2C1. The first-order chi connectivity index (χ1) is 10.9. The van der Waals surface area contributed by atoms with E-state index in [0.29, 0.717) is 32.6 Å². The molecular formula is C14H18N4O3S2. The maximum atomic E-state index is 11.9. The minimum absolute atomic E-state index is 0.0452. The standard InChI is InChI=1S/C14H18N4O3S2/c1-23(20,21)17-4-5-18-12(10-17)7-11(16-18)9-15-14(19)8-13-3-2-6-22-13/h2-3,6-7H,4-5,8-10H2,1H3,(H,15,19). The molecule has 0 saturated carbocycles. The van der Waals surface area contributed by atoms with Gasteiger partial charge in [0.15, 0.2) is 0 Å². The van der Waals surface area contributed by atoms with E-state index in [4.69, 9.17) is 0 Å². The van der Waals surface area contributed by atoms with Crippen LogP contribution in [-0.4, -0.2) is 41.2 Å². The zero-order valence-corrected chi connectivity index (χ0v) is 14.4. The van der Waals surface area contributed by atoms with E-state index in [1.165, 1.54) is 10.6 Å². The Labute approximate surface area is 139 Å². The number of nitrogens with one attached hydrogen (secondary N) is 1. The molecule has 124 valence electrons. The molecule has 0 bridgehead atoms. The van der Waals surface area contributed by atoms with Gasteiger partial charge in [0, 0.05) is 11.4 Å². The molecule has 0 radical (unpaired) electrons. The van der Waals surface area contributed by atoms with Crippen LogP contribution in [0.3, 0.4) is 0 Å². The van der Waals surface area contributed by atoms with Gasteiger partial charge in [-0.2, -0.15) is 9.40 Å². The molecule has 1 amide bonds. The van der Waals surface area contributed by atoms with E-state index in [9.17, 15) is 13.2 Å². The van der Waals surface area contributed by atoms with Crippen LogP contribution in [0.5, 0.6) is 0 Å². The Morgan fingerprint density at radius 3 is 2.96 bits per heavy atom. The van der Waals surface area contributed by atoms with Crippen molar-refractivity contribution in [3.63, 3.8) is 0 Å². The van der Waals surface area contributed by atoms with Gasteiger partial charge < -0.3 is 5.32 Å². The minimum atomic E-state index is -3.19. The number of nitrogens with zero attached hydrogens (tertiary/aromatic N) is 3. The van der Waals surface area contributed by atoms with E-state index in [2.05, 4.69) is 10.4 Å². The molecule has 2 aromatic rings. The molecule has 3 heterocycles. The monoisotopic (exact) mass is 354 g/mol. The number of hydrogen-bond acceptors (Lipinski definition) is 5. The number of amides is 1. The van der Waals surface area contributed by atoms with Crippen LogP contribution >= 0.6 is 11.3 Å². The summed E-state index contributed by atoms with van der Waals surface area (Å²) in [4.78, 5) is 12.9. The van der Waals surface area contributed by atoms with Gasteiger partial charge in [0.1, 0.15) is 0 Å². The van der Waals surface area contributed by atoms with Gasteiger partial charge in [0.25, 0.3) is 0 Å². The van der Waals surface area contributed by atoms with E-state index < -0.39 is 10.0 Å².